The predicted molar refractivity (Wildman–Crippen MR) is 136 cm³/mol. The topological polar surface area (TPSA) is 56.3 Å². The summed E-state index contributed by atoms with van der Waals surface area (Å²) in [6.07, 6.45) is 10.4. The van der Waals surface area contributed by atoms with Crippen LogP contribution in [0.4, 0.5) is 0 Å². The number of halogens is 1. The molecule has 36 heavy (non-hydrogen) atoms. The zero-order chi connectivity index (χ0) is 24.3. The lowest BCUT2D eigenvalue weighted by molar-refractivity contribution is -0.939. The lowest BCUT2D eigenvalue weighted by Gasteiger charge is -2.52. The molecule has 1 saturated carbocycles. The van der Waals surface area contributed by atoms with E-state index < -0.39 is 5.41 Å². The third kappa shape index (κ3) is 5.68. The van der Waals surface area contributed by atoms with Crippen LogP contribution in [0.25, 0.3) is 0 Å². The zero-order valence-corrected chi connectivity index (χ0v) is 22.2. The molecular formula is C30H39ClN2O3. The molecule has 4 heterocycles. The summed E-state index contributed by atoms with van der Waals surface area (Å²) < 4.78 is 7.20. The molecule has 1 atom stereocenters. The van der Waals surface area contributed by atoms with E-state index in [1.54, 1.807) is 6.20 Å². The Morgan fingerprint density at radius 3 is 2.39 bits per heavy atom. The van der Waals surface area contributed by atoms with Crippen LogP contribution in [0.2, 0.25) is 0 Å². The molecule has 4 fully saturated rings. The molecule has 1 aromatic carbocycles. The molecule has 1 aliphatic carbocycles. The molecule has 3 aliphatic heterocycles. The third-order valence-corrected chi connectivity index (χ3v) is 8.84. The van der Waals surface area contributed by atoms with Crippen molar-refractivity contribution in [1.29, 1.82) is 0 Å². The highest BCUT2D eigenvalue weighted by Crippen LogP contribution is 2.42. The van der Waals surface area contributed by atoms with Crippen LogP contribution in [0.15, 0.2) is 48.7 Å². The van der Waals surface area contributed by atoms with Gasteiger partial charge in [-0.05, 0) is 43.0 Å². The van der Waals surface area contributed by atoms with E-state index in [0.717, 1.165) is 79.5 Å². The first-order chi connectivity index (χ1) is 17.0. The second-order valence-corrected chi connectivity index (χ2v) is 11.3. The highest BCUT2D eigenvalue weighted by atomic mass is 35.5. The number of esters is 1. The number of fused-ring (bicyclic) bond motifs is 3. The van der Waals surface area contributed by atoms with Crippen molar-refractivity contribution in [2.75, 3.05) is 26.2 Å². The van der Waals surface area contributed by atoms with Crippen LogP contribution in [0, 0.1) is 12.8 Å². The summed E-state index contributed by atoms with van der Waals surface area (Å²) in [5.41, 5.74) is 2.56. The van der Waals surface area contributed by atoms with E-state index in [4.69, 9.17) is 4.74 Å². The van der Waals surface area contributed by atoms with Gasteiger partial charge in [0.1, 0.15) is 13.1 Å². The first-order valence-electron chi connectivity index (χ1n) is 13.5. The van der Waals surface area contributed by atoms with Crippen molar-refractivity contribution >= 4 is 11.8 Å². The van der Waals surface area contributed by atoms with Gasteiger partial charge in [-0.15, -0.1) is 0 Å². The zero-order valence-electron chi connectivity index (χ0n) is 21.5. The second kappa shape index (κ2) is 11.4. The van der Waals surface area contributed by atoms with Crippen molar-refractivity contribution in [3.8, 4) is 0 Å². The summed E-state index contributed by atoms with van der Waals surface area (Å²) >= 11 is 0. The average Bonchev–Trinajstić information content (AvgIpc) is 3.12. The minimum absolute atomic E-state index is 0. The number of ketones is 1. The van der Waals surface area contributed by atoms with Crippen LogP contribution >= 0.6 is 0 Å². The standard InChI is InChI=1S/C30H39N2O3.ClH/c1-23-11-16-31-26(19-23)20-27(33)21-32-17-12-24(13-18-32)28(22-32)35-29(34)30(14-7-2-3-8-15-30)25-9-5-4-6-10-25;/h4-6,9-11,16,19,24,28H,2-3,7-8,12-15,17-18,20-22H2,1H3;1H/q+1;/p-1/t24?,28-,32?;/m0./s1. The minimum Gasteiger partial charge on any atom is -1.00 e. The van der Waals surface area contributed by atoms with Crippen LogP contribution in [0.5, 0.6) is 0 Å². The lowest BCUT2D eigenvalue weighted by Crippen LogP contribution is -3.00. The Hall–Kier alpha value is -2.24. The average molecular weight is 511 g/mol. The van der Waals surface area contributed by atoms with Gasteiger partial charge in [-0.1, -0.05) is 56.0 Å². The van der Waals surface area contributed by atoms with Crippen LogP contribution in [0.1, 0.15) is 68.2 Å². The fraction of sp³-hybridized carbons (Fsp3) is 0.567. The van der Waals surface area contributed by atoms with Crippen LogP contribution in [-0.2, 0) is 26.2 Å². The summed E-state index contributed by atoms with van der Waals surface area (Å²) in [6, 6.07) is 14.3. The monoisotopic (exact) mass is 510 g/mol. The Morgan fingerprint density at radius 1 is 1.03 bits per heavy atom. The maximum atomic E-state index is 13.9. The second-order valence-electron chi connectivity index (χ2n) is 11.3. The number of Topliss-reactive ketones (excluding diaryl/α,β-unsaturated/α-hetero) is 1. The van der Waals surface area contributed by atoms with E-state index >= 15 is 0 Å². The van der Waals surface area contributed by atoms with Gasteiger partial charge in [-0.2, -0.15) is 0 Å². The first kappa shape index (κ1) is 26.8. The number of nitrogens with zero attached hydrogens (tertiary/aromatic N) is 2. The quantitative estimate of drug-likeness (QED) is 0.324. The summed E-state index contributed by atoms with van der Waals surface area (Å²) in [4.78, 5) is 31.4. The van der Waals surface area contributed by atoms with Crippen molar-refractivity contribution in [2.45, 2.75) is 76.2 Å². The van der Waals surface area contributed by atoms with Crippen molar-refractivity contribution in [2.24, 2.45) is 5.92 Å². The van der Waals surface area contributed by atoms with Gasteiger partial charge in [0.25, 0.3) is 0 Å². The van der Waals surface area contributed by atoms with Crippen molar-refractivity contribution in [3.63, 3.8) is 0 Å². The lowest BCUT2D eigenvalue weighted by atomic mass is 9.74. The maximum Gasteiger partial charge on any atom is 0.317 e. The number of aromatic nitrogens is 1. The molecule has 5 nitrogen and oxygen atoms in total. The molecular weight excluding hydrogens is 472 g/mol. The molecule has 4 aliphatic rings. The number of carbonyl (C=O) groups excluding carboxylic acids is 2. The van der Waals surface area contributed by atoms with Crippen molar-refractivity contribution < 1.29 is 31.2 Å². The normalized spacial score (nSPS) is 26.9. The first-order valence-corrected chi connectivity index (χ1v) is 13.5. The maximum absolute atomic E-state index is 13.9. The number of ether oxygens (including phenoxy) is 1. The Balaban J connectivity index is 0.00000304. The Morgan fingerprint density at radius 2 is 1.72 bits per heavy atom. The van der Waals surface area contributed by atoms with Crippen LogP contribution in [-0.4, -0.2) is 53.5 Å². The highest BCUT2D eigenvalue weighted by molar-refractivity contribution is 5.83. The molecule has 0 spiro atoms. The van der Waals surface area contributed by atoms with Gasteiger partial charge in [0.2, 0.25) is 0 Å². The van der Waals surface area contributed by atoms with Gasteiger partial charge >= 0.3 is 5.97 Å². The molecule has 0 radical (unpaired) electrons. The van der Waals surface area contributed by atoms with Gasteiger partial charge in [0, 0.05) is 30.7 Å². The predicted octanol–water partition coefficient (Wildman–Crippen LogP) is 1.95. The summed E-state index contributed by atoms with van der Waals surface area (Å²) in [5.74, 6) is 0.627. The molecule has 0 amide bonds. The molecule has 3 saturated heterocycles. The molecule has 2 aromatic rings. The number of hydrogen-bond acceptors (Lipinski definition) is 4. The Kier molecular flexibility index (Phi) is 8.52. The van der Waals surface area contributed by atoms with Gasteiger partial charge in [0.15, 0.2) is 11.9 Å². The molecule has 194 valence electrons. The summed E-state index contributed by atoms with van der Waals surface area (Å²) in [5, 5.41) is 0. The molecule has 6 rings (SSSR count). The van der Waals surface area contributed by atoms with E-state index in [1.165, 1.54) is 12.8 Å². The van der Waals surface area contributed by atoms with E-state index in [1.807, 2.05) is 37.3 Å². The van der Waals surface area contributed by atoms with E-state index in [-0.39, 0.29) is 30.3 Å². The number of pyridine rings is 1. The van der Waals surface area contributed by atoms with E-state index in [0.29, 0.717) is 18.9 Å². The van der Waals surface area contributed by atoms with Gasteiger partial charge in [-0.3, -0.25) is 14.6 Å². The Bertz CT molecular complexity index is 1040. The molecule has 0 unspecified atom stereocenters. The number of benzene rings is 1. The number of carbonyl (C=O) groups is 2. The fourth-order valence-electron chi connectivity index (χ4n) is 6.85. The molecule has 0 N–H and O–H groups in total. The highest BCUT2D eigenvalue weighted by Gasteiger charge is 2.50. The number of quaternary nitrogens is 1. The van der Waals surface area contributed by atoms with Crippen LogP contribution in [0.3, 0.4) is 0 Å². The van der Waals surface area contributed by atoms with Crippen LogP contribution < -0.4 is 12.4 Å². The number of piperidine rings is 3. The summed E-state index contributed by atoms with van der Waals surface area (Å²) in [6.45, 7) is 5.34. The van der Waals surface area contributed by atoms with Gasteiger partial charge in [0.05, 0.1) is 24.9 Å². The number of hydrogen-bond donors (Lipinski definition) is 0. The fourth-order valence-corrected chi connectivity index (χ4v) is 6.85. The number of aryl methyl sites for hydroxylation is 1. The smallest absolute Gasteiger partial charge is 0.317 e. The minimum atomic E-state index is -0.527. The SMILES string of the molecule is Cc1ccnc(CC(=O)C[N+]23CCC(CC2)[C@@H](OC(=O)C2(c4ccccc4)CCCCCC2)C3)c1.[Cl-]. The molecule has 1 aromatic heterocycles. The summed E-state index contributed by atoms with van der Waals surface area (Å²) in [7, 11) is 0. The molecule has 6 heteroatoms. The largest absolute Gasteiger partial charge is 1.00 e. The van der Waals surface area contributed by atoms with Crippen molar-refractivity contribution in [1.82, 2.24) is 4.98 Å². The third-order valence-electron chi connectivity index (χ3n) is 8.84. The van der Waals surface area contributed by atoms with Crippen molar-refractivity contribution in [3.05, 3.63) is 65.5 Å². The van der Waals surface area contributed by atoms with Gasteiger partial charge in [-0.25, -0.2) is 0 Å². The number of rotatable bonds is 7. The van der Waals surface area contributed by atoms with E-state index in [9.17, 15) is 9.59 Å². The van der Waals surface area contributed by atoms with Gasteiger partial charge < -0.3 is 21.6 Å². The molecule has 2 bridgehead atoms. The Labute approximate surface area is 221 Å². The van der Waals surface area contributed by atoms with E-state index in [2.05, 4.69) is 17.1 Å².